The van der Waals surface area contributed by atoms with E-state index < -0.39 is 0 Å². The summed E-state index contributed by atoms with van der Waals surface area (Å²) in [5.74, 6) is 3.08. The Morgan fingerprint density at radius 2 is 2.24 bits per heavy atom. The van der Waals surface area contributed by atoms with E-state index in [-0.39, 0.29) is 0 Å². The molecule has 2 heterocycles. The molecule has 3 heteroatoms. The van der Waals surface area contributed by atoms with E-state index in [4.69, 9.17) is 0 Å². The minimum Gasteiger partial charge on any atom is -0.368 e. The molecule has 3 nitrogen and oxygen atoms in total. The fraction of sp³-hybridized carbons (Fsp3) is 0.500. The molecular weight excluding hydrogens is 210 g/mol. The Kier molecular flexibility index (Phi) is 1.95. The van der Waals surface area contributed by atoms with Crippen LogP contribution in [0, 0.1) is 11.8 Å². The Balaban J connectivity index is 1.65. The number of imidazole rings is 1. The lowest BCUT2D eigenvalue weighted by Gasteiger charge is -2.24. The van der Waals surface area contributed by atoms with Crippen LogP contribution in [0.1, 0.15) is 25.7 Å². The van der Waals surface area contributed by atoms with Gasteiger partial charge in [-0.25, -0.2) is 4.98 Å². The molecule has 4 rings (SSSR count). The smallest absolute Gasteiger partial charge is 0.138 e. The first-order valence-electron chi connectivity index (χ1n) is 6.59. The van der Waals surface area contributed by atoms with Crippen molar-refractivity contribution in [1.29, 1.82) is 0 Å². The van der Waals surface area contributed by atoms with Gasteiger partial charge in [0.15, 0.2) is 0 Å². The molecule has 3 atom stereocenters. The molecule has 1 N–H and O–H groups in total. The Hall–Kier alpha value is -1.51. The summed E-state index contributed by atoms with van der Waals surface area (Å²) in [4.78, 5) is 4.32. The molecule has 3 unspecified atom stereocenters. The van der Waals surface area contributed by atoms with Gasteiger partial charge in [-0.2, -0.15) is 0 Å². The topological polar surface area (TPSA) is 29.3 Å². The summed E-state index contributed by atoms with van der Waals surface area (Å²) in [6, 6.07) is 6.96. The molecule has 2 aromatic heterocycles. The molecular formula is C14H17N3. The first-order valence-corrected chi connectivity index (χ1v) is 6.59. The van der Waals surface area contributed by atoms with Crippen LogP contribution in [0.3, 0.4) is 0 Å². The van der Waals surface area contributed by atoms with Crippen molar-refractivity contribution in [3.63, 3.8) is 0 Å². The molecule has 2 saturated carbocycles. The number of nitrogens with one attached hydrogen (secondary N) is 1. The van der Waals surface area contributed by atoms with E-state index in [2.05, 4.69) is 26.8 Å². The lowest BCUT2D eigenvalue weighted by Crippen LogP contribution is -2.26. The van der Waals surface area contributed by atoms with Gasteiger partial charge in [-0.05, 0) is 43.2 Å². The Morgan fingerprint density at radius 1 is 1.24 bits per heavy atom. The van der Waals surface area contributed by atoms with Crippen LogP contribution in [0.25, 0.3) is 5.65 Å². The first-order chi connectivity index (χ1) is 8.40. The van der Waals surface area contributed by atoms with Crippen molar-refractivity contribution < 1.29 is 0 Å². The van der Waals surface area contributed by atoms with Crippen LogP contribution >= 0.6 is 0 Å². The number of hydrogen-bond acceptors (Lipinski definition) is 2. The predicted molar refractivity (Wildman–Crippen MR) is 68.1 cm³/mol. The second kappa shape index (κ2) is 3.49. The molecule has 0 aromatic carbocycles. The summed E-state index contributed by atoms with van der Waals surface area (Å²) >= 11 is 0. The van der Waals surface area contributed by atoms with Crippen LogP contribution in [0.4, 0.5) is 5.82 Å². The van der Waals surface area contributed by atoms with Crippen molar-refractivity contribution in [2.24, 2.45) is 11.8 Å². The molecule has 2 bridgehead atoms. The second-order valence-electron chi connectivity index (χ2n) is 5.49. The van der Waals surface area contributed by atoms with E-state index in [0.29, 0.717) is 6.04 Å². The largest absolute Gasteiger partial charge is 0.368 e. The molecule has 88 valence electrons. The SMILES string of the molecule is c1cc(NC2CC3CCC2C3)n2ccnc2c1. The summed E-state index contributed by atoms with van der Waals surface area (Å²) in [6.45, 7) is 0. The van der Waals surface area contributed by atoms with Gasteiger partial charge >= 0.3 is 0 Å². The standard InChI is InChI=1S/C14H17N3/c1-2-13-15-6-7-17(13)14(3-1)16-12-9-10-4-5-11(12)8-10/h1-3,6-7,10-12,16H,4-5,8-9H2. The van der Waals surface area contributed by atoms with Crippen molar-refractivity contribution >= 4 is 11.5 Å². The third-order valence-corrected chi connectivity index (χ3v) is 4.50. The van der Waals surface area contributed by atoms with Crippen LogP contribution in [0.2, 0.25) is 0 Å². The quantitative estimate of drug-likeness (QED) is 0.854. The normalized spacial score (nSPS) is 31.2. The maximum Gasteiger partial charge on any atom is 0.138 e. The van der Waals surface area contributed by atoms with E-state index in [1.165, 1.54) is 31.5 Å². The number of pyridine rings is 1. The number of nitrogens with zero attached hydrogens (tertiary/aromatic N) is 2. The highest BCUT2D eigenvalue weighted by molar-refractivity contribution is 5.50. The number of rotatable bonds is 2. The van der Waals surface area contributed by atoms with Crippen LogP contribution < -0.4 is 5.32 Å². The Bertz CT molecular complexity index is 545. The molecule has 0 saturated heterocycles. The molecule has 0 aliphatic heterocycles. The maximum absolute atomic E-state index is 4.32. The third kappa shape index (κ3) is 1.45. The summed E-state index contributed by atoms with van der Waals surface area (Å²) in [6.07, 6.45) is 9.57. The highest BCUT2D eigenvalue weighted by Crippen LogP contribution is 2.45. The van der Waals surface area contributed by atoms with E-state index in [0.717, 1.165) is 17.5 Å². The molecule has 17 heavy (non-hydrogen) atoms. The van der Waals surface area contributed by atoms with Gasteiger partial charge in [0.2, 0.25) is 0 Å². The van der Waals surface area contributed by atoms with Gasteiger partial charge in [0.25, 0.3) is 0 Å². The monoisotopic (exact) mass is 227 g/mol. The number of fused-ring (bicyclic) bond motifs is 3. The number of hydrogen-bond donors (Lipinski definition) is 1. The van der Waals surface area contributed by atoms with Gasteiger partial charge in [0.05, 0.1) is 0 Å². The van der Waals surface area contributed by atoms with E-state index in [9.17, 15) is 0 Å². The van der Waals surface area contributed by atoms with Crippen LogP contribution in [0.15, 0.2) is 30.6 Å². The Labute approximate surface area is 101 Å². The van der Waals surface area contributed by atoms with Gasteiger partial charge in [0, 0.05) is 18.4 Å². The lowest BCUT2D eigenvalue weighted by molar-refractivity contribution is 0.438. The summed E-state index contributed by atoms with van der Waals surface area (Å²) in [5, 5.41) is 3.72. The Morgan fingerprint density at radius 3 is 3.06 bits per heavy atom. The minimum atomic E-state index is 0.682. The average molecular weight is 227 g/mol. The first kappa shape index (κ1) is 9.51. The zero-order valence-corrected chi connectivity index (χ0v) is 9.84. The predicted octanol–water partition coefficient (Wildman–Crippen LogP) is 2.93. The minimum absolute atomic E-state index is 0.682. The van der Waals surface area contributed by atoms with Gasteiger partial charge in [-0.1, -0.05) is 12.5 Å². The van der Waals surface area contributed by atoms with Crippen molar-refractivity contribution in [3.05, 3.63) is 30.6 Å². The van der Waals surface area contributed by atoms with Crippen LogP contribution in [-0.4, -0.2) is 15.4 Å². The second-order valence-corrected chi connectivity index (χ2v) is 5.49. The molecule has 2 aliphatic rings. The highest BCUT2D eigenvalue weighted by Gasteiger charge is 2.39. The zero-order chi connectivity index (χ0) is 11.2. The molecule has 0 spiro atoms. The van der Waals surface area contributed by atoms with Crippen molar-refractivity contribution in [2.75, 3.05) is 5.32 Å². The summed E-state index contributed by atoms with van der Waals surface area (Å²) < 4.78 is 2.14. The van der Waals surface area contributed by atoms with E-state index in [1.54, 1.807) is 0 Å². The van der Waals surface area contributed by atoms with Gasteiger partial charge in [-0.3, -0.25) is 4.40 Å². The number of anilines is 1. The van der Waals surface area contributed by atoms with Crippen molar-refractivity contribution in [1.82, 2.24) is 9.38 Å². The maximum atomic E-state index is 4.32. The van der Waals surface area contributed by atoms with Gasteiger partial charge in [0.1, 0.15) is 11.5 Å². The van der Waals surface area contributed by atoms with Crippen molar-refractivity contribution in [3.8, 4) is 0 Å². The fourth-order valence-electron chi connectivity index (χ4n) is 3.68. The van der Waals surface area contributed by atoms with Crippen LogP contribution in [0.5, 0.6) is 0 Å². The average Bonchev–Trinajstić information content (AvgIpc) is 3.04. The molecule has 0 radical (unpaired) electrons. The van der Waals surface area contributed by atoms with E-state index >= 15 is 0 Å². The molecule has 2 aromatic rings. The zero-order valence-electron chi connectivity index (χ0n) is 9.84. The van der Waals surface area contributed by atoms with Crippen LogP contribution in [-0.2, 0) is 0 Å². The number of aromatic nitrogens is 2. The molecule has 2 aliphatic carbocycles. The summed E-state index contributed by atoms with van der Waals surface area (Å²) in [5.41, 5.74) is 1.03. The van der Waals surface area contributed by atoms with Gasteiger partial charge < -0.3 is 5.32 Å². The van der Waals surface area contributed by atoms with E-state index in [1.807, 2.05) is 18.5 Å². The summed E-state index contributed by atoms with van der Waals surface area (Å²) in [7, 11) is 0. The molecule has 2 fully saturated rings. The third-order valence-electron chi connectivity index (χ3n) is 4.50. The lowest BCUT2D eigenvalue weighted by atomic mass is 9.95. The fourth-order valence-corrected chi connectivity index (χ4v) is 3.68. The van der Waals surface area contributed by atoms with Gasteiger partial charge in [-0.15, -0.1) is 0 Å². The highest BCUT2D eigenvalue weighted by atomic mass is 15.1. The van der Waals surface area contributed by atoms with Crippen molar-refractivity contribution in [2.45, 2.75) is 31.7 Å². The molecule has 0 amide bonds.